The Morgan fingerprint density at radius 3 is 2.84 bits per heavy atom. The quantitative estimate of drug-likeness (QED) is 0.653. The van der Waals surface area contributed by atoms with E-state index in [2.05, 4.69) is 4.99 Å². The topological polar surface area (TPSA) is 83.0 Å². The number of rotatable bonds is 5. The molecule has 1 aromatic carbocycles. The number of amides is 1. The van der Waals surface area contributed by atoms with Crippen molar-refractivity contribution < 1.29 is 23.5 Å². The van der Waals surface area contributed by atoms with Crippen LogP contribution in [-0.2, 0) is 16.1 Å². The zero-order valence-corrected chi connectivity index (χ0v) is 14.5. The molecule has 0 bridgehead atoms. The lowest BCUT2D eigenvalue weighted by Crippen LogP contribution is -2.23. The molecule has 0 spiro atoms. The minimum absolute atomic E-state index is 0.0373. The van der Waals surface area contributed by atoms with Crippen molar-refractivity contribution in [2.75, 3.05) is 13.7 Å². The molecule has 7 nitrogen and oxygen atoms in total. The molecule has 3 aromatic rings. The van der Waals surface area contributed by atoms with Crippen LogP contribution < -0.4 is 9.54 Å². The Bertz CT molecular complexity index is 969. The van der Waals surface area contributed by atoms with Gasteiger partial charge in [0.2, 0.25) is 0 Å². The van der Waals surface area contributed by atoms with Crippen LogP contribution in [0.4, 0.5) is 0 Å². The Kier molecular flexibility index (Phi) is 4.99. The number of ether oxygens (including phenoxy) is 2. The Hall–Kier alpha value is -2.87. The van der Waals surface area contributed by atoms with Crippen LogP contribution in [-0.4, -0.2) is 30.2 Å². The van der Waals surface area contributed by atoms with Crippen LogP contribution in [0, 0.1) is 0 Å². The van der Waals surface area contributed by atoms with E-state index < -0.39 is 11.9 Å². The summed E-state index contributed by atoms with van der Waals surface area (Å²) < 4.78 is 17.8. The highest BCUT2D eigenvalue weighted by molar-refractivity contribution is 7.16. The maximum Gasteiger partial charge on any atom is 0.326 e. The second-order valence-electron chi connectivity index (χ2n) is 5.00. The molecule has 2 heterocycles. The number of carbonyl (C=O) groups is 2. The first-order valence-electron chi connectivity index (χ1n) is 7.58. The number of esters is 1. The Morgan fingerprint density at radius 2 is 2.16 bits per heavy atom. The Balaban J connectivity index is 2.11. The highest BCUT2D eigenvalue weighted by atomic mass is 32.1. The molecule has 0 N–H and O–H groups in total. The number of carbonyl (C=O) groups excluding carboxylic acids is 2. The summed E-state index contributed by atoms with van der Waals surface area (Å²) in [4.78, 5) is 28.7. The first-order valence-corrected chi connectivity index (χ1v) is 8.39. The van der Waals surface area contributed by atoms with Gasteiger partial charge in [-0.25, -0.2) is 0 Å². The first-order chi connectivity index (χ1) is 12.1. The van der Waals surface area contributed by atoms with E-state index in [9.17, 15) is 9.59 Å². The summed E-state index contributed by atoms with van der Waals surface area (Å²) in [5, 5.41) is 0. The third kappa shape index (κ3) is 3.63. The van der Waals surface area contributed by atoms with Crippen LogP contribution in [0.5, 0.6) is 5.75 Å². The summed E-state index contributed by atoms with van der Waals surface area (Å²) in [6.07, 6.45) is 1.41. The highest BCUT2D eigenvalue weighted by Crippen LogP contribution is 2.23. The van der Waals surface area contributed by atoms with Crippen molar-refractivity contribution in [3.05, 3.63) is 47.2 Å². The second-order valence-corrected chi connectivity index (χ2v) is 6.01. The summed E-state index contributed by atoms with van der Waals surface area (Å²) in [5.41, 5.74) is 0.768. The number of hydrogen-bond donors (Lipinski definition) is 0. The van der Waals surface area contributed by atoms with E-state index in [1.807, 2.05) is 12.1 Å². The molecule has 0 fully saturated rings. The second kappa shape index (κ2) is 7.35. The normalized spacial score (nSPS) is 11.7. The van der Waals surface area contributed by atoms with Crippen LogP contribution in [0.1, 0.15) is 17.5 Å². The molecule has 1 amide bonds. The minimum Gasteiger partial charge on any atom is -0.497 e. The molecular formula is C17H16N2O5S. The molecule has 0 aliphatic carbocycles. The number of furan rings is 1. The molecule has 0 unspecified atom stereocenters. The van der Waals surface area contributed by atoms with Crippen molar-refractivity contribution in [3.63, 3.8) is 0 Å². The first kappa shape index (κ1) is 17.0. The number of methoxy groups -OCH3 is 1. The van der Waals surface area contributed by atoms with E-state index in [1.165, 1.54) is 23.7 Å². The average Bonchev–Trinajstić information content (AvgIpc) is 3.23. The van der Waals surface area contributed by atoms with Crippen LogP contribution in [0.25, 0.3) is 10.2 Å². The van der Waals surface area contributed by atoms with Gasteiger partial charge in [0.1, 0.15) is 12.3 Å². The smallest absolute Gasteiger partial charge is 0.326 e. The lowest BCUT2D eigenvalue weighted by atomic mass is 10.3. The van der Waals surface area contributed by atoms with E-state index in [0.717, 1.165) is 10.2 Å². The summed E-state index contributed by atoms with van der Waals surface area (Å²) in [6, 6.07) is 8.59. The van der Waals surface area contributed by atoms with E-state index in [4.69, 9.17) is 13.9 Å². The van der Waals surface area contributed by atoms with Crippen LogP contribution in [0.2, 0.25) is 0 Å². The Morgan fingerprint density at radius 1 is 1.32 bits per heavy atom. The molecule has 0 atom stereocenters. The van der Waals surface area contributed by atoms with Crippen molar-refractivity contribution in [1.82, 2.24) is 4.57 Å². The molecule has 130 valence electrons. The predicted molar refractivity (Wildman–Crippen MR) is 91.6 cm³/mol. The van der Waals surface area contributed by atoms with Crippen molar-refractivity contribution in [2.45, 2.75) is 13.5 Å². The molecule has 0 saturated carbocycles. The minimum atomic E-state index is -0.513. The lowest BCUT2D eigenvalue weighted by molar-refractivity contribution is -0.143. The van der Waals surface area contributed by atoms with Gasteiger partial charge in [-0.05, 0) is 37.3 Å². The summed E-state index contributed by atoms with van der Waals surface area (Å²) in [5.74, 6) is -0.0929. The highest BCUT2D eigenvalue weighted by Gasteiger charge is 2.14. The van der Waals surface area contributed by atoms with E-state index in [-0.39, 0.29) is 18.9 Å². The fourth-order valence-electron chi connectivity index (χ4n) is 2.30. The molecule has 8 heteroatoms. The lowest BCUT2D eigenvalue weighted by Gasteiger charge is -2.05. The zero-order chi connectivity index (χ0) is 17.8. The van der Waals surface area contributed by atoms with Gasteiger partial charge in [-0.2, -0.15) is 4.99 Å². The Labute approximate surface area is 147 Å². The van der Waals surface area contributed by atoms with E-state index in [0.29, 0.717) is 10.6 Å². The van der Waals surface area contributed by atoms with Gasteiger partial charge in [0.15, 0.2) is 10.6 Å². The van der Waals surface area contributed by atoms with Gasteiger partial charge in [-0.15, -0.1) is 0 Å². The molecule has 0 radical (unpaired) electrons. The number of benzene rings is 1. The fraction of sp³-hybridized carbons (Fsp3) is 0.235. The van der Waals surface area contributed by atoms with Crippen molar-refractivity contribution in [3.8, 4) is 5.75 Å². The van der Waals surface area contributed by atoms with Gasteiger partial charge in [0.25, 0.3) is 0 Å². The number of nitrogens with zero attached hydrogens (tertiary/aromatic N) is 2. The van der Waals surface area contributed by atoms with Gasteiger partial charge in [-0.1, -0.05) is 11.3 Å². The van der Waals surface area contributed by atoms with Crippen molar-refractivity contribution in [2.24, 2.45) is 4.99 Å². The van der Waals surface area contributed by atoms with Crippen LogP contribution >= 0.6 is 11.3 Å². The van der Waals surface area contributed by atoms with Gasteiger partial charge in [0, 0.05) is 0 Å². The van der Waals surface area contributed by atoms with Crippen LogP contribution in [0.3, 0.4) is 0 Å². The third-order valence-electron chi connectivity index (χ3n) is 3.41. The van der Waals surface area contributed by atoms with Crippen molar-refractivity contribution >= 4 is 33.4 Å². The van der Waals surface area contributed by atoms with E-state index >= 15 is 0 Å². The third-order valence-corrected chi connectivity index (χ3v) is 4.45. The largest absolute Gasteiger partial charge is 0.497 e. The molecule has 0 aliphatic rings. The van der Waals surface area contributed by atoms with Crippen LogP contribution in [0.15, 0.2) is 46.0 Å². The van der Waals surface area contributed by atoms with Gasteiger partial charge in [-0.3, -0.25) is 9.59 Å². The molecular weight excluding hydrogens is 344 g/mol. The van der Waals surface area contributed by atoms with Gasteiger partial charge >= 0.3 is 11.9 Å². The number of thiazole rings is 1. The molecule has 2 aromatic heterocycles. The molecule has 25 heavy (non-hydrogen) atoms. The molecule has 0 saturated heterocycles. The maximum absolute atomic E-state index is 12.2. The monoisotopic (exact) mass is 360 g/mol. The number of fused-ring (bicyclic) bond motifs is 1. The average molecular weight is 360 g/mol. The van der Waals surface area contributed by atoms with E-state index in [1.54, 1.807) is 30.7 Å². The van der Waals surface area contributed by atoms with Gasteiger partial charge < -0.3 is 18.5 Å². The summed E-state index contributed by atoms with van der Waals surface area (Å²) >= 11 is 1.29. The molecule has 0 aliphatic heterocycles. The standard InChI is InChI=1S/C17H16N2O5S/c1-3-23-15(20)10-19-12-7-6-11(22-2)9-14(12)25-17(19)18-16(21)13-5-4-8-24-13/h4-9H,3,10H2,1-2H3. The number of aromatic nitrogens is 1. The maximum atomic E-state index is 12.2. The summed E-state index contributed by atoms with van der Waals surface area (Å²) in [6.45, 7) is 1.99. The SMILES string of the molecule is CCOC(=O)Cn1c(=NC(=O)c2ccco2)sc2cc(OC)ccc21. The number of hydrogen-bond acceptors (Lipinski definition) is 6. The molecule has 3 rings (SSSR count). The van der Waals surface area contributed by atoms with Gasteiger partial charge in [0.05, 0.1) is 30.2 Å². The predicted octanol–water partition coefficient (Wildman–Crippen LogP) is 2.61. The summed E-state index contributed by atoms with van der Waals surface area (Å²) in [7, 11) is 1.58. The zero-order valence-electron chi connectivity index (χ0n) is 13.7. The van der Waals surface area contributed by atoms with Crippen molar-refractivity contribution in [1.29, 1.82) is 0 Å². The fourth-order valence-corrected chi connectivity index (χ4v) is 3.35.